The third-order valence-corrected chi connectivity index (χ3v) is 1.88. The summed E-state index contributed by atoms with van der Waals surface area (Å²) in [5.74, 6) is -2.93. The van der Waals surface area contributed by atoms with Crippen LogP contribution in [0.1, 0.15) is 13.8 Å². The molecule has 1 heterocycles. The fraction of sp³-hybridized carbons (Fsp3) is 0.556. The van der Waals surface area contributed by atoms with E-state index in [0.717, 1.165) is 0 Å². The third-order valence-electron chi connectivity index (χ3n) is 1.88. The zero-order valence-corrected chi connectivity index (χ0v) is 11.0. The Morgan fingerprint density at radius 1 is 1.67 bits per heavy atom. The van der Waals surface area contributed by atoms with E-state index in [1.54, 1.807) is 13.8 Å². The summed E-state index contributed by atoms with van der Waals surface area (Å²) >= 11 is 0. The maximum atomic E-state index is 11.3. The van der Waals surface area contributed by atoms with Crippen molar-refractivity contribution in [1.29, 1.82) is 0 Å². The summed E-state index contributed by atoms with van der Waals surface area (Å²) < 4.78 is 9.12. The molecule has 0 spiro atoms. The average molecular weight is 222 g/mol. The van der Waals surface area contributed by atoms with Crippen molar-refractivity contribution < 1.29 is 53.7 Å². The number of esters is 2. The fourth-order valence-electron chi connectivity index (χ4n) is 1.19. The van der Waals surface area contributed by atoms with Crippen LogP contribution < -0.4 is 34.7 Å². The number of cyclic esters (lactones) is 1. The molecule has 0 aliphatic carbocycles. The summed E-state index contributed by atoms with van der Waals surface area (Å²) in [5.41, 5.74) is -0.108. The molecular weight excluding hydrogens is 211 g/mol. The molecule has 1 saturated heterocycles. The van der Waals surface area contributed by atoms with E-state index >= 15 is 0 Å². The van der Waals surface area contributed by atoms with Gasteiger partial charge in [0.15, 0.2) is 0 Å². The van der Waals surface area contributed by atoms with Gasteiger partial charge in [-0.15, -0.1) is 0 Å². The summed E-state index contributed by atoms with van der Waals surface area (Å²) in [5, 5.41) is 11.3. The normalized spacial score (nSPS) is 22.8. The average Bonchev–Trinajstić information content (AvgIpc) is 2.46. The van der Waals surface area contributed by atoms with Gasteiger partial charge in [-0.05, 0) is 12.7 Å². The standard InChI is InChI=1S/C9H12O5.Na/c1-3-13-9(12)7(10)6-5(2)4-14-8(6)11;/h5,10H,3-4H2,1-2H3;/q;+1/p-1/b7-6-;. The van der Waals surface area contributed by atoms with Crippen LogP contribution in [-0.4, -0.2) is 25.2 Å². The van der Waals surface area contributed by atoms with Gasteiger partial charge in [-0.3, -0.25) is 0 Å². The van der Waals surface area contributed by atoms with E-state index in [0.29, 0.717) is 0 Å². The van der Waals surface area contributed by atoms with Crippen LogP contribution in [0, 0.1) is 5.92 Å². The molecule has 0 aromatic heterocycles. The molecule has 0 bridgehead atoms. The summed E-state index contributed by atoms with van der Waals surface area (Å²) in [6.07, 6.45) is 0. The minimum atomic E-state index is -0.992. The number of rotatable bonds is 2. The minimum Gasteiger partial charge on any atom is -0.867 e. The Labute approximate surface area is 110 Å². The first-order chi connectivity index (χ1) is 6.57. The predicted molar refractivity (Wildman–Crippen MR) is 43.8 cm³/mol. The van der Waals surface area contributed by atoms with Crippen LogP contribution in [0.25, 0.3) is 0 Å². The summed E-state index contributed by atoms with van der Waals surface area (Å²) in [7, 11) is 0. The van der Waals surface area contributed by atoms with Crippen LogP contribution in [0.3, 0.4) is 0 Å². The Morgan fingerprint density at radius 3 is 2.67 bits per heavy atom. The largest absolute Gasteiger partial charge is 1.00 e. The maximum Gasteiger partial charge on any atom is 1.00 e. The topological polar surface area (TPSA) is 75.7 Å². The maximum absolute atomic E-state index is 11.3. The molecule has 0 aromatic carbocycles. The second kappa shape index (κ2) is 6.15. The quantitative estimate of drug-likeness (QED) is 0.208. The molecular formula is C9H11NaO5. The second-order valence-corrected chi connectivity index (χ2v) is 2.96. The molecule has 0 radical (unpaired) electrons. The second-order valence-electron chi connectivity index (χ2n) is 2.96. The smallest absolute Gasteiger partial charge is 0.867 e. The van der Waals surface area contributed by atoms with E-state index in [4.69, 9.17) is 0 Å². The Hall–Kier alpha value is -0.520. The number of carbonyl (C=O) groups excluding carboxylic acids is 2. The Kier molecular flexibility index (Phi) is 5.93. The predicted octanol–water partition coefficient (Wildman–Crippen LogP) is -3.64. The molecule has 1 rings (SSSR count). The van der Waals surface area contributed by atoms with E-state index in [1.165, 1.54) is 0 Å². The molecule has 0 saturated carbocycles. The van der Waals surface area contributed by atoms with Gasteiger partial charge in [0, 0.05) is 11.5 Å². The molecule has 0 amide bonds. The Balaban J connectivity index is 0.00000196. The molecule has 1 unspecified atom stereocenters. The first kappa shape index (κ1) is 14.5. The number of carbonyl (C=O) groups is 2. The zero-order chi connectivity index (χ0) is 10.7. The van der Waals surface area contributed by atoms with Crippen molar-refractivity contribution >= 4 is 11.9 Å². The van der Waals surface area contributed by atoms with Gasteiger partial charge in [-0.2, -0.15) is 0 Å². The zero-order valence-electron chi connectivity index (χ0n) is 9.03. The Morgan fingerprint density at radius 2 is 2.27 bits per heavy atom. The number of ether oxygens (including phenoxy) is 2. The van der Waals surface area contributed by atoms with Crippen molar-refractivity contribution in [3.8, 4) is 0 Å². The van der Waals surface area contributed by atoms with E-state index in [2.05, 4.69) is 9.47 Å². The molecule has 5 nitrogen and oxygen atoms in total. The van der Waals surface area contributed by atoms with Crippen LogP contribution in [0.5, 0.6) is 0 Å². The van der Waals surface area contributed by atoms with Gasteiger partial charge in [0.1, 0.15) is 0 Å². The molecule has 1 fully saturated rings. The molecule has 1 aliphatic heterocycles. The van der Waals surface area contributed by atoms with Crippen LogP contribution in [0.15, 0.2) is 11.3 Å². The molecule has 0 aromatic rings. The molecule has 15 heavy (non-hydrogen) atoms. The summed E-state index contributed by atoms with van der Waals surface area (Å²) in [6.45, 7) is 3.50. The first-order valence-electron chi connectivity index (χ1n) is 4.33. The minimum absolute atomic E-state index is 0. The fourth-order valence-corrected chi connectivity index (χ4v) is 1.19. The van der Waals surface area contributed by atoms with Crippen LogP contribution in [-0.2, 0) is 19.1 Å². The van der Waals surface area contributed by atoms with Crippen LogP contribution >= 0.6 is 0 Å². The number of hydrogen-bond donors (Lipinski definition) is 0. The molecule has 1 atom stereocenters. The monoisotopic (exact) mass is 222 g/mol. The van der Waals surface area contributed by atoms with Gasteiger partial charge in [0.2, 0.25) is 0 Å². The van der Waals surface area contributed by atoms with Gasteiger partial charge < -0.3 is 14.6 Å². The van der Waals surface area contributed by atoms with Crippen molar-refractivity contribution in [2.75, 3.05) is 13.2 Å². The first-order valence-corrected chi connectivity index (χ1v) is 4.33. The van der Waals surface area contributed by atoms with Gasteiger partial charge in [0.25, 0.3) is 0 Å². The third kappa shape index (κ3) is 3.22. The molecule has 78 valence electrons. The molecule has 0 N–H and O–H groups in total. The summed E-state index contributed by atoms with van der Waals surface area (Å²) in [6, 6.07) is 0. The summed E-state index contributed by atoms with van der Waals surface area (Å²) in [4.78, 5) is 22.1. The van der Waals surface area contributed by atoms with Crippen LogP contribution in [0.2, 0.25) is 0 Å². The van der Waals surface area contributed by atoms with E-state index in [-0.39, 0.29) is 54.3 Å². The Bertz CT molecular complexity index is 297. The van der Waals surface area contributed by atoms with E-state index < -0.39 is 17.7 Å². The van der Waals surface area contributed by atoms with Crippen molar-refractivity contribution in [3.63, 3.8) is 0 Å². The SMILES string of the molecule is CCOC(=O)/C([O-])=C1/C(=O)OCC1C.[Na+]. The molecule has 1 aliphatic rings. The van der Waals surface area contributed by atoms with Crippen LogP contribution in [0.4, 0.5) is 0 Å². The van der Waals surface area contributed by atoms with Gasteiger partial charge in [0.05, 0.1) is 13.2 Å². The van der Waals surface area contributed by atoms with Gasteiger partial charge >= 0.3 is 41.5 Å². The van der Waals surface area contributed by atoms with Crippen molar-refractivity contribution in [3.05, 3.63) is 11.3 Å². The van der Waals surface area contributed by atoms with Crippen molar-refractivity contribution in [2.45, 2.75) is 13.8 Å². The number of hydrogen-bond acceptors (Lipinski definition) is 5. The van der Waals surface area contributed by atoms with E-state index in [1.807, 2.05) is 0 Å². The van der Waals surface area contributed by atoms with Gasteiger partial charge in [-0.25, -0.2) is 9.59 Å². The van der Waals surface area contributed by atoms with Crippen molar-refractivity contribution in [1.82, 2.24) is 0 Å². The van der Waals surface area contributed by atoms with Gasteiger partial charge in [-0.1, -0.05) is 6.92 Å². The van der Waals surface area contributed by atoms with Crippen molar-refractivity contribution in [2.24, 2.45) is 5.92 Å². The van der Waals surface area contributed by atoms with E-state index in [9.17, 15) is 14.7 Å². The molecule has 6 heteroatoms.